The molecule has 2 aromatic rings. The molecule has 0 saturated heterocycles. The van der Waals surface area contributed by atoms with Gasteiger partial charge in [-0.05, 0) is 43.3 Å². The fourth-order valence-corrected chi connectivity index (χ4v) is 1.91. The average molecular weight is 348 g/mol. The number of amides is 2. The van der Waals surface area contributed by atoms with Gasteiger partial charge in [0.2, 0.25) is 5.91 Å². The van der Waals surface area contributed by atoms with Gasteiger partial charge in [-0.15, -0.1) is 0 Å². The van der Waals surface area contributed by atoms with Crippen LogP contribution in [0.25, 0.3) is 0 Å². The Labute approximate surface area is 142 Å². The van der Waals surface area contributed by atoms with Gasteiger partial charge in [0.1, 0.15) is 5.69 Å². The molecule has 0 unspecified atom stereocenters. The van der Waals surface area contributed by atoms with Crippen molar-refractivity contribution in [3.63, 3.8) is 0 Å². The first-order chi connectivity index (χ1) is 11.4. The maximum absolute atomic E-state index is 12.0. The number of benzene rings is 1. The van der Waals surface area contributed by atoms with Crippen molar-refractivity contribution >= 4 is 35.1 Å². The zero-order chi connectivity index (χ0) is 17.7. The molecule has 0 aliphatic rings. The number of primary amides is 1. The van der Waals surface area contributed by atoms with Crippen molar-refractivity contribution in [1.82, 2.24) is 4.98 Å². The smallest absolute Gasteiger partial charge is 0.357 e. The first-order valence-corrected chi connectivity index (χ1v) is 7.28. The molecule has 8 heteroatoms. The number of aromatic nitrogens is 1. The van der Waals surface area contributed by atoms with Gasteiger partial charge in [-0.3, -0.25) is 9.59 Å². The predicted molar refractivity (Wildman–Crippen MR) is 87.7 cm³/mol. The number of anilines is 1. The molecule has 1 heterocycles. The normalized spacial score (nSPS) is 11.4. The molecule has 1 aromatic carbocycles. The Kier molecular flexibility index (Phi) is 5.49. The van der Waals surface area contributed by atoms with Gasteiger partial charge >= 0.3 is 5.97 Å². The molecule has 1 aromatic heterocycles. The Morgan fingerprint density at radius 2 is 1.88 bits per heavy atom. The molecule has 1 atom stereocenters. The molecule has 0 aliphatic carbocycles. The molecular formula is C16H14ClN3O4. The molecule has 0 bridgehead atoms. The minimum absolute atomic E-state index is 0.00737. The predicted octanol–water partition coefficient (Wildman–Crippen LogP) is 2.02. The third kappa shape index (κ3) is 4.53. The van der Waals surface area contributed by atoms with E-state index in [4.69, 9.17) is 22.1 Å². The van der Waals surface area contributed by atoms with Gasteiger partial charge in [-0.1, -0.05) is 11.6 Å². The van der Waals surface area contributed by atoms with Gasteiger partial charge in [-0.2, -0.15) is 0 Å². The summed E-state index contributed by atoms with van der Waals surface area (Å²) >= 11 is 5.77. The number of carbonyl (C=O) groups excluding carboxylic acids is 3. The SMILES string of the molecule is C[C@H](OC(=O)c1cc(Cl)ccn1)C(=O)Nc1ccc(C(N)=O)cc1. The molecule has 2 amide bonds. The number of hydrogen-bond acceptors (Lipinski definition) is 5. The highest BCUT2D eigenvalue weighted by molar-refractivity contribution is 6.30. The third-order valence-electron chi connectivity index (χ3n) is 3.02. The Bertz CT molecular complexity index is 777. The Morgan fingerprint density at radius 1 is 1.21 bits per heavy atom. The average Bonchev–Trinajstić information content (AvgIpc) is 2.55. The van der Waals surface area contributed by atoms with E-state index in [-0.39, 0.29) is 5.69 Å². The van der Waals surface area contributed by atoms with Crippen molar-refractivity contribution in [2.24, 2.45) is 5.73 Å². The van der Waals surface area contributed by atoms with Gasteiger partial charge in [0.15, 0.2) is 6.10 Å². The molecule has 0 fully saturated rings. The topological polar surface area (TPSA) is 111 Å². The van der Waals surface area contributed by atoms with E-state index >= 15 is 0 Å². The van der Waals surface area contributed by atoms with Crippen molar-refractivity contribution in [1.29, 1.82) is 0 Å². The van der Waals surface area contributed by atoms with Crippen LogP contribution < -0.4 is 11.1 Å². The molecule has 2 rings (SSSR count). The molecule has 0 aliphatic heterocycles. The van der Waals surface area contributed by atoms with Crippen LogP contribution in [-0.2, 0) is 9.53 Å². The van der Waals surface area contributed by atoms with Gasteiger partial charge in [-0.25, -0.2) is 9.78 Å². The lowest BCUT2D eigenvalue weighted by Gasteiger charge is -2.13. The molecule has 0 spiro atoms. The van der Waals surface area contributed by atoms with Gasteiger partial charge in [0, 0.05) is 22.5 Å². The minimum Gasteiger partial charge on any atom is -0.448 e. The van der Waals surface area contributed by atoms with Gasteiger partial charge < -0.3 is 15.8 Å². The van der Waals surface area contributed by atoms with Crippen LogP contribution in [0.15, 0.2) is 42.6 Å². The first-order valence-electron chi connectivity index (χ1n) is 6.90. The summed E-state index contributed by atoms with van der Waals surface area (Å²) in [6.07, 6.45) is 0.318. The lowest BCUT2D eigenvalue weighted by molar-refractivity contribution is -0.123. The van der Waals surface area contributed by atoms with E-state index in [1.54, 1.807) is 0 Å². The maximum Gasteiger partial charge on any atom is 0.357 e. The number of ether oxygens (including phenoxy) is 1. The number of halogens is 1. The van der Waals surface area contributed by atoms with E-state index in [1.807, 2.05) is 0 Å². The van der Waals surface area contributed by atoms with Crippen LogP contribution in [0, 0.1) is 0 Å². The summed E-state index contributed by atoms with van der Waals surface area (Å²) in [6.45, 7) is 1.43. The van der Waals surface area contributed by atoms with E-state index in [9.17, 15) is 14.4 Å². The third-order valence-corrected chi connectivity index (χ3v) is 3.26. The second-order valence-corrected chi connectivity index (χ2v) is 5.27. The Balaban J connectivity index is 1.96. The summed E-state index contributed by atoms with van der Waals surface area (Å²) in [5.74, 6) is -1.86. The monoisotopic (exact) mass is 347 g/mol. The number of pyridine rings is 1. The van der Waals surface area contributed by atoms with E-state index in [0.717, 1.165) is 0 Å². The first kappa shape index (κ1) is 17.4. The molecule has 124 valence electrons. The van der Waals surface area contributed by atoms with Crippen molar-refractivity contribution in [2.45, 2.75) is 13.0 Å². The number of nitrogens with two attached hydrogens (primary N) is 1. The maximum atomic E-state index is 12.0. The zero-order valence-electron chi connectivity index (χ0n) is 12.7. The highest BCUT2D eigenvalue weighted by Crippen LogP contribution is 2.12. The van der Waals surface area contributed by atoms with Crippen LogP contribution in [0.3, 0.4) is 0 Å². The molecule has 7 nitrogen and oxygen atoms in total. The Hall–Kier alpha value is -2.93. The lowest BCUT2D eigenvalue weighted by atomic mass is 10.2. The highest BCUT2D eigenvalue weighted by Gasteiger charge is 2.20. The van der Waals surface area contributed by atoms with E-state index in [0.29, 0.717) is 16.3 Å². The summed E-state index contributed by atoms with van der Waals surface area (Å²) in [7, 11) is 0. The molecular weight excluding hydrogens is 334 g/mol. The number of rotatable bonds is 5. The zero-order valence-corrected chi connectivity index (χ0v) is 13.4. The molecule has 0 saturated carbocycles. The van der Waals surface area contributed by atoms with Gasteiger partial charge in [0.05, 0.1) is 0 Å². The van der Waals surface area contributed by atoms with Gasteiger partial charge in [0.25, 0.3) is 5.91 Å². The Morgan fingerprint density at radius 3 is 2.46 bits per heavy atom. The fraction of sp³-hybridized carbons (Fsp3) is 0.125. The van der Waals surface area contributed by atoms with Crippen LogP contribution in [-0.4, -0.2) is 28.9 Å². The summed E-state index contributed by atoms with van der Waals surface area (Å²) in [4.78, 5) is 38.8. The van der Waals surface area contributed by atoms with Crippen LogP contribution in [0.1, 0.15) is 27.8 Å². The molecule has 0 radical (unpaired) electrons. The second kappa shape index (κ2) is 7.56. The fourth-order valence-electron chi connectivity index (χ4n) is 1.75. The second-order valence-electron chi connectivity index (χ2n) is 4.84. The summed E-state index contributed by atoms with van der Waals surface area (Å²) in [5, 5.41) is 2.90. The van der Waals surface area contributed by atoms with Crippen molar-refractivity contribution < 1.29 is 19.1 Å². The van der Waals surface area contributed by atoms with Crippen LogP contribution in [0.2, 0.25) is 5.02 Å². The number of nitrogens with zero attached hydrogens (tertiary/aromatic N) is 1. The minimum atomic E-state index is -1.05. The number of esters is 1. The molecule has 24 heavy (non-hydrogen) atoms. The van der Waals surface area contributed by atoms with Crippen LogP contribution in [0.4, 0.5) is 5.69 Å². The van der Waals surface area contributed by atoms with E-state index in [1.165, 1.54) is 49.5 Å². The largest absolute Gasteiger partial charge is 0.448 e. The lowest BCUT2D eigenvalue weighted by Crippen LogP contribution is -2.30. The number of nitrogens with one attached hydrogen (secondary N) is 1. The summed E-state index contributed by atoms with van der Waals surface area (Å²) in [6, 6.07) is 8.85. The molecule has 3 N–H and O–H groups in total. The number of carbonyl (C=O) groups is 3. The summed E-state index contributed by atoms with van der Waals surface area (Å²) in [5.41, 5.74) is 5.90. The van der Waals surface area contributed by atoms with Crippen molar-refractivity contribution in [3.05, 3.63) is 58.9 Å². The van der Waals surface area contributed by atoms with Crippen molar-refractivity contribution in [2.75, 3.05) is 5.32 Å². The number of hydrogen-bond donors (Lipinski definition) is 2. The van der Waals surface area contributed by atoms with E-state index < -0.39 is 23.9 Å². The quantitative estimate of drug-likeness (QED) is 0.804. The van der Waals surface area contributed by atoms with Crippen LogP contribution in [0.5, 0.6) is 0 Å². The van der Waals surface area contributed by atoms with E-state index in [2.05, 4.69) is 10.3 Å². The summed E-state index contributed by atoms with van der Waals surface area (Å²) < 4.78 is 5.04. The van der Waals surface area contributed by atoms with Crippen LogP contribution >= 0.6 is 11.6 Å². The highest BCUT2D eigenvalue weighted by atomic mass is 35.5. The standard InChI is InChI=1S/C16H14ClN3O4/c1-9(24-16(23)13-8-11(17)6-7-19-13)15(22)20-12-4-2-10(3-5-12)14(18)21/h2-9H,1H3,(H2,18,21)(H,20,22)/t9-/m0/s1. The van der Waals surface area contributed by atoms with Crippen molar-refractivity contribution in [3.8, 4) is 0 Å².